The lowest BCUT2D eigenvalue weighted by Gasteiger charge is -1.90. The van der Waals surface area contributed by atoms with Gasteiger partial charge in [-0.3, -0.25) is 0 Å². The highest BCUT2D eigenvalue weighted by atomic mass is 16.4. The number of carboxylic acids is 1. The zero-order valence-electron chi connectivity index (χ0n) is 10.7. The number of aromatic nitrogens is 3. The van der Waals surface area contributed by atoms with Crippen LogP contribution >= 0.6 is 0 Å². The SMILES string of the molecule is CC.CCC.O=C(O)c1ccc2n[nH]nc2c1. The third kappa shape index (κ3) is 4.63. The highest BCUT2D eigenvalue weighted by molar-refractivity contribution is 5.91. The van der Waals surface area contributed by atoms with Crippen LogP contribution in [0.15, 0.2) is 18.2 Å². The first kappa shape index (κ1) is 15.1. The Morgan fingerprint density at radius 2 is 1.76 bits per heavy atom. The second-order valence-electron chi connectivity index (χ2n) is 3.04. The van der Waals surface area contributed by atoms with E-state index in [1.165, 1.54) is 18.6 Å². The zero-order chi connectivity index (χ0) is 13.3. The zero-order valence-corrected chi connectivity index (χ0v) is 10.7. The highest BCUT2D eigenvalue weighted by Gasteiger charge is 2.04. The summed E-state index contributed by atoms with van der Waals surface area (Å²) in [7, 11) is 0. The predicted molar refractivity (Wildman–Crippen MR) is 68.2 cm³/mol. The van der Waals surface area contributed by atoms with Crippen LogP contribution in [0.3, 0.4) is 0 Å². The minimum atomic E-state index is -0.958. The fourth-order valence-electron chi connectivity index (χ4n) is 0.973. The van der Waals surface area contributed by atoms with E-state index in [-0.39, 0.29) is 5.56 Å². The van der Waals surface area contributed by atoms with Gasteiger partial charge in [0, 0.05) is 0 Å². The summed E-state index contributed by atoms with van der Waals surface area (Å²) in [5.74, 6) is -0.958. The van der Waals surface area contributed by atoms with Crippen molar-refractivity contribution in [1.29, 1.82) is 0 Å². The molecule has 17 heavy (non-hydrogen) atoms. The van der Waals surface area contributed by atoms with E-state index in [1.54, 1.807) is 6.07 Å². The summed E-state index contributed by atoms with van der Waals surface area (Å²) in [5, 5.41) is 18.6. The van der Waals surface area contributed by atoms with Gasteiger partial charge in [0.25, 0.3) is 0 Å². The van der Waals surface area contributed by atoms with Crippen LogP contribution in [0.4, 0.5) is 0 Å². The molecule has 0 aliphatic heterocycles. The second kappa shape index (κ2) is 8.27. The normalized spacial score (nSPS) is 8.71. The van der Waals surface area contributed by atoms with Crippen LogP contribution in [0.2, 0.25) is 0 Å². The van der Waals surface area contributed by atoms with Gasteiger partial charge in [-0.2, -0.15) is 15.4 Å². The predicted octanol–water partition coefficient (Wildman–Crippen LogP) is 3.10. The molecule has 2 aromatic rings. The van der Waals surface area contributed by atoms with Crippen molar-refractivity contribution in [3.63, 3.8) is 0 Å². The van der Waals surface area contributed by atoms with Gasteiger partial charge in [-0.25, -0.2) is 4.79 Å². The van der Waals surface area contributed by atoms with Crippen LogP contribution in [0.25, 0.3) is 11.0 Å². The quantitative estimate of drug-likeness (QED) is 0.798. The number of H-pyrrole nitrogens is 1. The molecule has 1 aromatic carbocycles. The number of aromatic carboxylic acids is 1. The molecule has 0 bridgehead atoms. The minimum absolute atomic E-state index is 0.219. The smallest absolute Gasteiger partial charge is 0.335 e. The standard InChI is InChI=1S/C7H5N3O2.C3H8.C2H6/c11-7(12)4-1-2-5-6(3-4)9-10-8-5;1-3-2;1-2/h1-3H,(H,11,12)(H,8,9,10);3H2,1-2H3;1-2H3. The van der Waals surface area contributed by atoms with Crippen molar-refractivity contribution >= 4 is 17.0 Å². The summed E-state index contributed by atoms with van der Waals surface area (Å²) in [6, 6.07) is 4.58. The average molecular weight is 237 g/mol. The third-order valence-electron chi connectivity index (χ3n) is 1.56. The van der Waals surface area contributed by atoms with Gasteiger partial charge in [0.2, 0.25) is 0 Å². The molecule has 1 aromatic heterocycles. The molecular formula is C12H19N3O2. The van der Waals surface area contributed by atoms with Crippen molar-refractivity contribution in [2.45, 2.75) is 34.1 Å². The fourth-order valence-corrected chi connectivity index (χ4v) is 0.973. The average Bonchev–Trinajstić information content (AvgIpc) is 2.79. The third-order valence-corrected chi connectivity index (χ3v) is 1.56. The van der Waals surface area contributed by atoms with Gasteiger partial charge in [-0.05, 0) is 18.2 Å². The number of hydrogen-bond donors (Lipinski definition) is 2. The van der Waals surface area contributed by atoms with Crippen molar-refractivity contribution in [2.24, 2.45) is 0 Å². The lowest BCUT2D eigenvalue weighted by molar-refractivity contribution is 0.0697. The summed E-state index contributed by atoms with van der Waals surface area (Å²) >= 11 is 0. The number of hydrogen-bond acceptors (Lipinski definition) is 3. The second-order valence-corrected chi connectivity index (χ2v) is 3.04. The summed E-state index contributed by atoms with van der Waals surface area (Å²) in [5.41, 5.74) is 1.45. The molecular weight excluding hydrogens is 218 g/mol. The Labute approximate surface area is 101 Å². The maximum absolute atomic E-state index is 10.5. The van der Waals surface area contributed by atoms with Crippen molar-refractivity contribution in [1.82, 2.24) is 15.4 Å². The van der Waals surface area contributed by atoms with Crippen molar-refractivity contribution in [3.8, 4) is 0 Å². The Morgan fingerprint density at radius 1 is 1.24 bits per heavy atom. The summed E-state index contributed by atoms with van der Waals surface area (Å²) in [6.07, 6.45) is 1.25. The molecule has 0 saturated heterocycles. The first-order valence-corrected chi connectivity index (χ1v) is 5.72. The van der Waals surface area contributed by atoms with E-state index in [0.717, 1.165) is 0 Å². The summed E-state index contributed by atoms with van der Waals surface area (Å²) < 4.78 is 0. The Bertz CT molecular complexity index is 452. The number of fused-ring (bicyclic) bond motifs is 1. The largest absolute Gasteiger partial charge is 0.478 e. The Kier molecular flexibility index (Phi) is 7.34. The van der Waals surface area contributed by atoms with Crippen LogP contribution in [0.5, 0.6) is 0 Å². The first-order valence-electron chi connectivity index (χ1n) is 5.72. The molecule has 2 rings (SSSR count). The topological polar surface area (TPSA) is 78.9 Å². The molecule has 0 radical (unpaired) electrons. The number of rotatable bonds is 1. The number of nitrogens with one attached hydrogen (secondary N) is 1. The lowest BCUT2D eigenvalue weighted by atomic mass is 10.2. The van der Waals surface area contributed by atoms with Crippen LogP contribution < -0.4 is 0 Å². The van der Waals surface area contributed by atoms with Gasteiger partial charge in [0.1, 0.15) is 11.0 Å². The Hall–Kier alpha value is -1.91. The van der Waals surface area contributed by atoms with E-state index in [9.17, 15) is 4.79 Å². The summed E-state index contributed by atoms with van der Waals surface area (Å²) in [4.78, 5) is 10.5. The number of aromatic amines is 1. The molecule has 0 fully saturated rings. The van der Waals surface area contributed by atoms with Gasteiger partial charge in [0.05, 0.1) is 5.56 Å². The Morgan fingerprint density at radius 3 is 2.29 bits per heavy atom. The molecule has 0 atom stereocenters. The van der Waals surface area contributed by atoms with E-state index >= 15 is 0 Å². The van der Waals surface area contributed by atoms with E-state index < -0.39 is 5.97 Å². The molecule has 2 N–H and O–H groups in total. The molecule has 0 saturated carbocycles. The number of carboxylic acid groups (broad SMARTS) is 1. The van der Waals surface area contributed by atoms with Crippen LogP contribution in [0.1, 0.15) is 44.5 Å². The van der Waals surface area contributed by atoms with Crippen molar-refractivity contribution < 1.29 is 9.90 Å². The van der Waals surface area contributed by atoms with Gasteiger partial charge >= 0.3 is 5.97 Å². The monoisotopic (exact) mass is 237 g/mol. The highest BCUT2D eigenvalue weighted by Crippen LogP contribution is 2.09. The van der Waals surface area contributed by atoms with Crippen molar-refractivity contribution in [2.75, 3.05) is 0 Å². The fraction of sp³-hybridized carbons (Fsp3) is 0.417. The number of benzene rings is 1. The molecule has 0 aliphatic carbocycles. The first-order chi connectivity index (χ1) is 8.19. The summed E-state index contributed by atoms with van der Waals surface area (Å²) in [6.45, 7) is 8.25. The van der Waals surface area contributed by atoms with Gasteiger partial charge < -0.3 is 5.11 Å². The Balaban J connectivity index is 0.000000450. The van der Waals surface area contributed by atoms with Crippen LogP contribution in [-0.4, -0.2) is 26.5 Å². The van der Waals surface area contributed by atoms with Crippen molar-refractivity contribution in [3.05, 3.63) is 23.8 Å². The van der Waals surface area contributed by atoms with Gasteiger partial charge in [-0.15, -0.1) is 0 Å². The van der Waals surface area contributed by atoms with E-state index in [2.05, 4.69) is 29.3 Å². The minimum Gasteiger partial charge on any atom is -0.478 e. The molecule has 0 amide bonds. The molecule has 0 spiro atoms. The van der Waals surface area contributed by atoms with Crippen LogP contribution in [-0.2, 0) is 0 Å². The molecule has 5 heteroatoms. The van der Waals surface area contributed by atoms with E-state index in [0.29, 0.717) is 11.0 Å². The van der Waals surface area contributed by atoms with Gasteiger partial charge in [0.15, 0.2) is 0 Å². The molecule has 5 nitrogen and oxygen atoms in total. The van der Waals surface area contributed by atoms with Crippen LogP contribution in [0, 0.1) is 0 Å². The number of carbonyl (C=O) groups is 1. The molecule has 1 heterocycles. The van der Waals surface area contributed by atoms with Gasteiger partial charge in [-0.1, -0.05) is 34.1 Å². The van der Waals surface area contributed by atoms with E-state index in [4.69, 9.17) is 5.11 Å². The molecule has 94 valence electrons. The molecule has 0 unspecified atom stereocenters. The van der Waals surface area contributed by atoms with E-state index in [1.807, 2.05) is 13.8 Å². The molecule has 0 aliphatic rings. The lowest BCUT2D eigenvalue weighted by Crippen LogP contribution is -1.94. The maximum atomic E-state index is 10.5. The number of nitrogens with zero attached hydrogens (tertiary/aromatic N) is 2. The maximum Gasteiger partial charge on any atom is 0.335 e.